The fourth-order valence-electron chi connectivity index (χ4n) is 3.83. The highest BCUT2D eigenvalue weighted by atomic mass is 32.2. The molecule has 0 spiro atoms. The van der Waals surface area contributed by atoms with Gasteiger partial charge >= 0.3 is 0 Å². The Kier molecular flexibility index (Phi) is 6.96. The van der Waals surface area contributed by atoms with Gasteiger partial charge in [-0.2, -0.15) is 4.31 Å². The van der Waals surface area contributed by atoms with Crippen molar-refractivity contribution in [1.29, 1.82) is 0 Å². The molecule has 3 heterocycles. The number of hydrogen-bond donors (Lipinski definition) is 1. The van der Waals surface area contributed by atoms with E-state index in [1.165, 1.54) is 22.8 Å². The summed E-state index contributed by atoms with van der Waals surface area (Å²) in [5, 5.41) is 8.69. The molecular formula is C23H25N3O5S2. The summed E-state index contributed by atoms with van der Waals surface area (Å²) in [5.41, 5.74) is 0.849. The molecule has 0 saturated carbocycles. The van der Waals surface area contributed by atoms with Crippen LogP contribution in [-0.2, 0) is 14.8 Å². The first-order valence-electron chi connectivity index (χ1n) is 10.5. The Morgan fingerprint density at radius 3 is 2.85 bits per heavy atom. The molecule has 33 heavy (non-hydrogen) atoms. The van der Waals surface area contributed by atoms with E-state index in [0.29, 0.717) is 36.5 Å². The van der Waals surface area contributed by atoms with E-state index in [1.54, 1.807) is 37.3 Å². The van der Waals surface area contributed by atoms with Gasteiger partial charge in [0, 0.05) is 18.0 Å². The first kappa shape index (κ1) is 23.2. The van der Waals surface area contributed by atoms with Gasteiger partial charge in [-0.15, -0.1) is 11.3 Å². The maximum absolute atomic E-state index is 13.5. The second-order valence-corrected chi connectivity index (χ2v) is 10.6. The fraction of sp³-hybridized carbons (Fsp3) is 0.304. The summed E-state index contributed by atoms with van der Waals surface area (Å²) in [6.45, 7) is 2.02. The van der Waals surface area contributed by atoms with Crippen LogP contribution in [0.4, 0.5) is 5.69 Å². The number of carbonyl (C=O) groups excluding carboxylic acids is 1. The van der Waals surface area contributed by atoms with Gasteiger partial charge in [0.1, 0.15) is 11.4 Å². The summed E-state index contributed by atoms with van der Waals surface area (Å²) < 4.78 is 39.0. The first-order chi connectivity index (χ1) is 15.9. The largest absolute Gasteiger partial charge is 0.495 e. The van der Waals surface area contributed by atoms with Gasteiger partial charge in [-0.3, -0.25) is 4.79 Å². The van der Waals surface area contributed by atoms with Crippen LogP contribution in [0.15, 0.2) is 51.2 Å². The molecule has 1 saturated heterocycles. The van der Waals surface area contributed by atoms with Gasteiger partial charge in [-0.25, -0.2) is 8.42 Å². The number of methoxy groups -OCH3 is 1. The molecule has 0 radical (unpaired) electrons. The van der Waals surface area contributed by atoms with Crippen LogP contribution in [0.5, 0.6) is 5.75 Å². The zero-order valence-corrected chi connectivity index (χ0v) is 20.0. The van der Waals surface area contributed by atoms with E-state index in [9.17, 15) is 13.2 Å². The smallest absolute Gasteiger partial charge is 0.248 e. The number of rotatable bonds is 7. The van der Waals surface area contributed by atoms with Crippen LogP contribution in [0.2, 0.25) is 0 Å². The van der Waals surface area contributed by atoms with E-state index in [2.05, 4.69) is 10.5 Å². The number of carbonyl (C=O) groups is 1. The number of anilines is 1. The molecule has 174 valence electrons. The molecule has 1 unspecified atom stereocenters. The van der Waals surface area contributed by atoms with Crippen molar-refractivity contribution in [1.82, 2.24) is 9.46 Å². The molecule has 1 aliphatic heterocycles. The Hall–Kier alpha value is -2.95. The quantitative estimate of drug-likeness (QED) is 0.534. The van der Waals surface area contributed by atoms with Crippen LogP contribution >= 0.6 is 11.3 Å². The second-order valence-electron chi connectivity index (χ2n) is 7.70. The molecule has 1 atom stereocenters. The number of ether oxygens (including phenoxy) is 1. The molecule has 1 aliphatic rings. The van der Waals surface area contributed by atoms with Gasteiger partial charge < -0.3 is 14.6 Å². The number of amides is 1. The number of hydrogen-bond acceptors (Lipinski definition) is 7. The van der Waals surface area contributed by atoms with Crippen molar-refractivity contribution in [2.75, 3.05) is 25.5 Å². The summed E-state index contributed by atoms with van der Waals surface area (Å²) in [6.07, 6.45) is 4.59. The second kappa shape index (κ2) is 9.90. The zero-order valence-electron chi connectivity index (χ0n) is 18.4. The normalized spacial score (nSPS) is 17.3. The minimum atomic E-state index is -3.90. The van der Waals surface area contributed by atoms with E-state index in [-0.39, 0.29) is 23.1 Å². The van der Waals surface area contributed by atoms with E-state index in [1.807, 2.05) is 23.6 Å². The van der Waals surface area contributed by atoms with Crippen LogP contribution in [0.25, 0.3) is 12.2 Å². The van der Waals surface area contributed by atoms with Crippen LogP contribution in [0, 0.1) is 12.8 Å². The molecule has 10 heteroatoms. The summed E-state index contributed by atoms with van der Waals surface area (Å²) in [6, 6.07) is 11.0. The molecule has 1 fully saturated rings. The number of thiophene rings is 1. The molecule has 0 bridgehead atoms. The Morgan fingerprint density at radius 2 is 2.09 bits per heavy atom. The van der Waals surface area contributed by atoms with Crippen LogP contribution < -0.4 is 10.1 Å². The standard InChI is InChI=1S/C23H25N3O5S2/c1-16-22(21(31-25-16)12-11-18-8-6-14-32-18)33(28,29)26-13-5-7-17(15-26)23(27)24-19-9-3-4-10-20(19)30-2/h3-4,6,8-12,14,17H,5,7,13,15H2,1-2H3,(H,24,27)/b12-11+. The van der Waals surface area contributed by atoms with Gasteiger partial charge in [-0.1, -0.05) is 23.4 Å². The lowest BCUT2D eigenvalue weighted by atomic mass is 9.98. The highest BCUT2D eigenvalue weighted by Gasteiger charge is 2.37. The van der Waals surface area contributed by atoms with Crippen molar-refractivity contribution < 1.29 is 22.5 Å². The lowest BCUT2D eigenvalue weighted by molar-refractivity contribution is -0.120. The number of benzene rings is 1. The predicted molar refractivity (Wildman–Crippen MR) is 128 cm³/mol. The molecule has 2 aromatic heterocycles. The Morgan fingerprint density at radius 1 is 1.27 bits per heavy atom. The molecular weight excluding hydrogens is 462 g/mol. The SMILES string of the molecule is COc1ccccc1NC(=O)C1CCCN(S(=O)(=O)c2c(C)noc2/C=C/c2cccs2)C1. The number of nitrogens with one attached hydrogen (secondary N) is 1. The van der Waals surface area contributed by atoms with Crippen LogP contribution in [-0.4, -0.2) is 44.0 Å². The van der Waals surface area contributed by atoms with E-state index in [0.717, 1.165) is 4.88 Å². The highest BCUT2D eigenvalue weighted by molar-refractivity contribution is 7.89. The molecule has 0 aliphatic carbocycles. The van der Waals surface area contributed by atoms with Gasteiger partial charge in [0.15, 0.2) is 10.7 Å². The summed E-state index contributed by atoms with van der Waals surface area (Å²) in [7, 11) is -2.37. The number of piperidine rings is 1. The van der Waals surface area contributed by atoms with Gasteiger partial charge in [0.25, 0.3) is 0 Å². The molecule has 8 nitrogen and oxygen atoms in total. The Labute approximate surface area is 196 Å². The average Bonchev–Trinajstić information content (AvgIpc) is 3.47. The van der Waals surface area contributed by atoms with Gasteiger partial charge in [0.2, 0.25) is 15.9 Å². The van der Waals surface area contributed by atoms with Crippen molar-refractivity contribution in [2.24, 2.45) is 5.92 Å². The van der Waals surface area contributed by atoms with Crippen molar-refractivity contribution in [3.05, 3.63) is 58.1 Å². The lowest BCUT2D eigenvalue weighted by Gasteiger charge is -2.31. The molecule has 4 rings (SSSR count). The Bertz CT molecular complexity index is 1250. The van der Waals surface area contributed by atoms with Crippen LogP contribution in [0.1, 0.15) is 29.2 Å². The number of sulfonamides is 1. The Balaban J connectivity index is 1.53. The predicted octanol–water partition coefficient (Wildman–Crippen LogP) is 4.26. The monoisotopic (exact) mass is 487 g/mol. The van der Waals surface area contributed by atoms with Gasteiger partial charge in [0.05, 0.1) is 18.7 Å². The fourth-order valence-corrected chi connectivity index (χ4v) is 6.22. The summed E-state index contributed by atoms with van der Waals surface area (Å²) in [4.78, 5) is 13.9. The summed E-state index contributed by atoms with van der Waals surface area (Å²) >= 11 is 1.53. The van der Waals surface area contributed by atoms with Crippen LogP contribution in [0.3, 0.4) is 0 Å². The third-order valence-electron chi connectivity index (χ3n) is 5.49. The maximum Gasteiger partial charge on any atom is 0.248 e. The number of para-hydroxylation sites is 2. The van der Waals surface area contributed by atoms with E-state index >= 15 is 0 Å². The lowest BCUT2D eigenvalue weighted by Crippen LogP contribution is -2.43. The van der Waals surface area contributed by atoms with E-state index < -0.39 is 15.9 Å². The molecule has 1 N–H and O–H groups in total. The molecule has 1 amide bonds. The minimum absolute atomic E-state index is 0.0427. The van der Waals surface area contributed by atoms with Gasteiger partial charge in [-0.05, 0) is 55.5 Å². The maximum atomic E-state index is 13.5. The van der Waals surface area contributed by atoms with Crippen molar-refractivity contribution in [3.8, 4) is 5.75 Å². The topological polar surface area (TPSA) is 102 Å². The average molecular weight is 488 g/mol. The third kappa shape index (κ3) is 5.02. The first-order valence-corrected chi connectivity index (χ1v) is 12.8. The third-order valence-corrected chi connectivity index (χ3v) is 8.35. The minimum Gasteiger partial charge on any atom is -0.495 e. The zero-order chi connectivity index (χ0) is 23.4. The molecule has 3 aromatic rings. The number of aryl methyl sites for hydroxylation is 1. The van der Waals surface area contributed by atoms with E-state index in [4.69, 9.17) is 9.26 Å². The molecule has 1 aromatic carbocycles. The summed E-state index contributed by atoms with van der Waals surface area (Å²) in [5.74, 6) is 0.0119. The van der Waals surface area contributed by atoms with Crippen molar-refractivity contribution >= 4 is 45.1 Å². The van der Waals surface area contributed by atoms with Crippen molar-refractivity contribution in [3.63, 3.8) is 0 Å². The highest BCUT2D eigenvalue weighted by Crippen LogP contribution is 2.31. The van der Waals surface area contributed by atoms with Crippen molar-refractivity contribution in [2.45, 2.75) is 24.7 Å². The number of aromatic nitrogens is 1. The number of nitrogens with zero attached hydrogens (tertiary/aromatic N) is 2.